The number of carbonyl (C=O) groups is 1. The first kappa shape index (κ1) is 13.9. The van der Waals surface area contributed by atoms with Gasteiger partial charge < -0.3 is 5.73 Å². The second-order valence-electron chi connectivity index (χ2n) is 3.66. The van der Waals surface area contributed by atoms with Crippen LogP contribution in [0.3, 0.4) is 0 Å². The van der Waals surface area contributed by atoms with Gasteiger partial charge in [-0.15, -0.1) is 10.2 Å². The lowest BCUT2D eigenvalue weighted by Gasteiger charge is -2.06. The number of nitrogen functional groups attached to an aromatic ring is 1. The number of nitrogens with two attached hydrogens (primary N) is 1. The van der Waals surface area contributed by atoms with Crippen molar-refractivity contribution < 1.29 is 9.18 Å². The van der Waals surface area contributed by atoms with Crippen LogP contribution in [-0.4, -0.2) is 16.1 Å². The first-order valence-electron chi connectivity index (χ1n) is 5.39. The fourth-order valence-electron chi connectivity index (χ4n) is 1.35. The molecule has 3 N–H and O–H groups in total. The maximum Gasteiger partial charge on any atom is 0.258 e. The van der Waals surface area contributed by atoms with Gasteiger partial charge in [0, 0.05) is 4.47 Å². The van der Waals surface area contributed by atoms with E-state index in [1.165, 1.54) is 17.4 Å². The lowest BCUT2D eigenvalue weighted by atomic mass is 10.2. The standard InChI is InChI=1S/C11H10BrFN4OS/c1-2-9-16-17-11(19-9)15-10(18)5-3-8(14)7(13)4-6(5)12/h3-4H,2,14H2,1H3,(H,15,17,18). The first-order chi connectivity index (χ1) is 9.01. The van der Waals surface area contributed by atoms with Gasteiger partial charge in [-0.3, -0.25) is 10.1 Å². The Bertz CT molecular complexity index is 631. The van der Waals surface area contributed by atoms with Crippen molar-refractivity contribution in [2.45, 2.75) is 13.3 Å². The highest BCUT2D eigenvalue weighted by molar-refractivity contribution is 9.10. The summed E-state index contributed by atoms with van der Waals surface area (Å²) in [7, 11) is 0. The van der Waals surface area contributed by atoms with E-state index in [1.807, 2.05) is 6.92 Å². The molecule has 100 valence electrons. The molecule has 1 aromatic carbocycles. The summed E-state index contributed by atoms with van der Waals surface area (Å²) in [5.41, 5.74) is 5.60. The van der Waals surface area contributed by atoms with Gasteiger partial charge in [-0.25, -0.2) is 4.39 Å². The Morgan fingerprint density at radius 1 is 1.53 bits per heavy atom. The first-order valence-corrected chi connectivity index (χ1v) is 7.00. The molecule has 1 heterocycles. The van der Waals surface area contributed by atoms with Crippen LogP contribution >= 0.6 is 27.3 Å². The van der Waals surface area contributed by atoms with Gasteiger partial charge in [-0.1, -0.05) is 18.3 Å². The molecule has 0 aliphatic carbocycles. The molecule has 0 spiro atoms. The summed E-state index contributed by atoms with van der Waals surface area (Å²) < 4.78 is 13.5. The average Bonchev–Trinajstić information content (AvgIpc) is 2.81. The van der Waals surface area contributed by atoms with E-state index in [9.17, 15) is 9.18 Å². The van der Waals surface area contributed by atoms with Crippen molar-refractivity contribution in [1.82, 2.24) is 10.2 Å². The van der Waals surface area contributed by atoms with Crippen molar-refractivity contribution >= 4 is 44.0 Å². The molecular formula is C11H10BrFN4OS. The van der Waals surface area contributed by atoms with Crippen LogP contribution in [0, 0.1) is 5.82 Å². The molecule has 1 amide bonds. The minimum absolute atomic E-state index is 0.0835. The van der Waals surface area contributed by atoms with E-state index in [0.717, 1.165) is 17.5 Å². The summed E-state index contributed by atoms with van der Waals surface area (Å²) in [4.78, 5) is 12.0. The number of hydrogen-bond acceptors (Lipinski definition) is 5. The predicted molar refractivity (Wildman–Crippen MR) is 75.8 cm³/mol. The second kappa shape index (κ2) is 5.62. The van der Waals surface area contributed by atoms with Crippen molar-refractivity contribution in [3.63, 3.8) is 0 Å². The van der Waals surface area contributed by atoms with E-state index in [2.05, 4.69) is 31.4 Å². The Kier molecular flexibility index (Phi) is 4.11. The molecule has 0 radical (unpaired) electrons. The van der Waals surface area contributed by atoms with Gasteiger partial charge in [0.25, 0.3) is 5.91 Å². The van der Waals surface area contributed by atoms with Gasteiger partial charge in [0.15, 0.2) is 0 Å². The number of hydrogen-bond donors (Lipinski definition) is 2. The largest absolute Gasteiger partial charge is 0.396 e. The van der Waals surface area contributed by atoms with E-state index in [4.69, 9.17) is 5.73 Å². The maximum atomic E-state index is 13.2. The van der Waals surface area contributed by atoms with E-state index in [1.54, 1.807) is 0 Å². The highest BCUT2D eigenvalue weighted by Gasteiger charge is 2.15. The van der Waals surface area contributed by atoms with Crippen LogP contribution in [-0.2, 0) is 6.42 Å². The summed E-state index contributed by atoms with van der Waals surface area (Å²) in [5, 5.41) is 11.6. The molecule has 0 saturated heterocycles. The molecule has 0 unspecified atom stereocenters. The smallest absolute Gasteiger partial charge is 0.258 e. The Morgan fingerprint density at radius 2 is 2.26 bits per heavy atom. The van der Waals surface area contributed by atoms with Crippen molar-refractivity contribution in [1.29, 1.82) is 0 Å². The summed E-state index contributed by atoms with van der Waals surface area (Å²) in [6.45, 7) is 1.95. The lowest BCUT2D eigenvalue weighted by molar-refractivity contribution is 0.102. The highest BCUT2D eigenvalue weighted by Crippen LogP contribution is 2.24. The number of carbonyl (C=O) groups excluding carboxylic acids is 1. The van der Waals surface area contributed by atoms with Crippen molar-refractivity contribution in [3.8, 4) is 0 Å². The van der Waals surface area contributed by atoms with Gasteiger partial charge in [0.05, 0.1) is 11.3 Å². The Morgan fingerprint density at radius 3 is 2.89 bits per heavy atom. The maximum absolute atomic E-state index is 13.2. The number of halogens is 2. The third-order valence-electron chi connectivity index (χ3n) is 2.32. The van der Waals surface area contributed by atoms with Crippen LogP contribution in [0.4, 0.5) is 15.2 Å². The minimum Gasteiger partial charge on any atom is -0.396 e. The normalized spacial score (nSPS) is 10.5. The van der Waals surface area contributed by atoms with Crippen molar-refractivity contribution in [3.05, 3.63) is 33.0 Å². The van der Waals surface area contributed by atoms with Crippen molar-refractivity contribution in [2.75, 3.05) is 11.1 Å². The summed E-state index contributed by atoms with van der Waals surface area (Å²) in [5.74, 6) is -0.995. The number of aryl methyl sites for hydroxylation is 1. The summed E-state index contributed by atoms with van der Waals surface area (Å²) in [6, 6.07) is 2.43. The van der Waals surface area contributed by atoms with E-state index >= 15 is 0 Å². The van der Waals surface area contributed by atoms with Crippen LogP contribution in [0.25, 0.3) is 0 Å². The Hall–Kier alpha value is -1.54. The second-order valence-corrected chi connectivity index (χ2v) is 5.58. The molecule has 0 aliphatic rings. The number of rotatable bonds is 3. The summed E-state index contributed by atoms with van der Waals surface area (Å²) in [6.07, 6.45) is 0.751. The van der Waals surface area contributed by atoms with Crippen LogP contribution in [0.2, 0.25) is 0 Å². The predicted octanol–water partition coefficient (Wildman–Crippen LogP) is 2.84. The molecule has 5 nitrogen and oxygen atoms in total. The Balaban J connectivity index is 2.22. The molecule has 0 bridgehead atoms. The minimum atomic E-state index is -0.576. The van der Waals surface area contributed by atoms with Crippen LogP contribution < -0.4 is 11.1 Å². The van der Waals surface area contributed by atoms with Crippen LogP contribution in [0.1, 0.15) is 22.3 Å². The topological polar surface area (TPSA) is 80.9 Å². The number of benzene rings is 1. The molecule has 19 heavy (non-hydrogen) atoms. The van der Waals surface area contributed by atoms with Gasteiger partial charge in [-0.05, 0) is 34.5 Å². The van der Waals surface area contributed by atoms with Gasteiger partial charge in [0.2, 0.25) is 5.13 Å². The number of nitrogens with one attached hydrogen (secondary N) is 1. The van der Waals surface area contributed by atoms with E-state index in [-0.39, 0.29) is 11.3 Å². The number of amides is 1. The molecule has 1 aromatic heterocycles. The third kappa shape index (κ3) is 3.07. The lowest BCUT2D eigenvalue weighted by Crippen LogP contribution is -2.13. The molecule has 8 heteroatoms. The fraction of sp³-hybridized carbons (Fsp3) is 0.182. The summed E-state index contributed by atoms with van der Waals surface area (Å²) >= 11 is 4.42. The molecule has 0 aliphatic heterocycles. The zero-order valence-electron chi connectivity index (χ0n) is 9.91. The number of nitrogens with zero attached hydrogens (tertiary/aromatic N) is 2. The molecule has 2 rings (SSSR count). The molecular weight excluding hydrogens is 335 g/mol. The molecule has 2 aromatic rings. The highest BCUT2D eigenvalue weighted by atomic mass is 79.9. The quantitative estimate of drug-likeness (QED) is 0.839. The SMILES string of the molecule is CCc1nnc(NC(=O)c2cc(N)c(F)cc2Br)s1. The fourth-order valence-corrected chi connectivity index (χ4v) is 2.52. The number of anilines is 2. The Labute approximate surface area is 121 Å². The van der Waals surface area contributed by atoms with Gasteiger partial charge >= 0.3 is 0 Å². The van der Waals surface area contributed by atoms with Crippen LogP contribution in [0.5, 0.6) is 0 Å². The van der Waals surface area contributed by atoms with Crippen LogP contribution in [0.15, 0.2) is 16.6 Å². The average molecular weight is 345 g/mol. The van der Waals surface area contributed by atoms with E-state index in [0.29, 0.717) is 9.60 Å². The zero-order chi connectivity index (χ0) is 14.0. The van der Waals surface area contributed by atoms with E-state index < -0.39 is 11.7 Å². The van der Waals surface area contributed by atoms with Gasteiger partial charge in [0.1, 0.15) is 10.8 Å². The third-order valence-corrected chi connectivity index (χ3v) is 3.96. The zero-order valence-corrected chi connectivity index (χ0v) is 12.3. The van der Waals surface area contributed by atoms with Gasteiger partial charge in [-0.2, -0.15) is 0 Å². The van der Waals surface area contributed by atoms with Crippen molar-refractivity contribution in [2.24, 2.45) is 0 Å². The number of aromatic nitrogens is 2. The molecule has 0 saturated carbocycles. The molecule has 0 atom stereocenters. The molecule has 0 fully saturated rings. The monoisotopic (exact) mass is 344 g/mol.